The van der Waals surface area contributed by atoms with Crippen LogP contribution in [-0.2, 0) is 5.54 Å². The van der Waals surface area contributed by atoms with Crippen LogP contribution >= 0.6 is 11.6 Å². The zero-order valence-electron chi connectivity index (χ0n) is 17.2. The first kappa shape index (κ1) is 20.8. The first-order chi connectivity index (χ1) is 13.2. The largest absolute Gasteiger partial charge is 0.497 e. The number of nitrogens with two attached hydrogens (primary N) is 2. The number of ether oxygens (including phenoxy) is 1. The van der Waals surface area contributed by atoms with Crippen molar-refractivity contribution in [1.29, 1.82) is 0 Å². The Balaban J connectivity index is 2.22. The monoisotopic (exact) mass is 399 g/mol. The van der Waals surface area contributed by atoms with Crippen LogP contribution in [0.2, 0.25) is 5.02 Å². The highest BCUT2D eigenvalue weighted by molar-refractivity contribution is 6.31. The third kappa shape index (κ3) is 3.95. The third-order valence-electron chi connectivity index (χ3n) is 6.06. The van der Waals surface area contributed by atoms with Gasteiger partial charge in [0.25, 0.3) is 0 Å². The second kappa shape index (κ2) is 7.86. The lowest BCUT2D eigenvalue weighted by molar-refractivity contribution is 0.310. The van der Waals surface area contributed by atoms with E-state index in [1.165, 1.54) is 0 Å². The van der Waals surface area contributed by atoms with Crippen LogP contribution in [0.15, 0.2) is 36.4 Å². The van der Waals surface area contributed by atoms with E-state index in [4.69, 9.17) is 32.8 Å². The Hall–Kier alpha value is -1.88. The maximum absolute atomic E-state index is 6.96. The topological polar surface area (TPSA) is 74.2 Å². The number of halogens is 1. The van der Waals surface area contributed by atoms with E-state index in [0.29, 0.717) is 5.02 Å². The average Bonchev–Trinajstić information content (AvgIpc) is 2.69. The molecule has 0 aliphatic heterocycles. The molecule has 0 saturated carbocycles. The van der Waals surface area contributed by atoms with E-state index in [1.54, 1.807) is 7.11 Å². The summed E-state index contributed by atoms with van der Waals surface area (Å²) in [6, 6.07) is 11.7. The molecule has 0 radical (unpaired) electrons. The molecule has 3 aromatic rings. The number of nitrogens with zero attached hydrogens (tertiary/aromatic N) is 1. The Labute approximate surface area is 172 Å². The van der Waals surface area contributed by atoms with Gasteiger partial charge in [0.15, 0.2) is 0 Å². The minimum atomic E-state index is -0.575. The molecule has 1 unspecified atom stereocenters. The third-order valence-corrected chi connectivity index (χ3v) is 6.30. The van der Waals surface area contributed by atoms with Crippen molar-refractivity contribution in [2.24, 2.45) is 11.5 Å². The van der Waals surface area contributed by atoms with Crippen molar-refractivity contribution in [1.82, 2.24) is 4.98 Å². The molecule has 1 aromatic heterocycles. The predicted octanol–water partition coefficient (Wildman–Crippen LogP) is 5.52. The first-order valence-corrected chi connectivity index (χ1v) is 10.3. The normalized spacial score (nSPS) is 14.4. The summed E-state index contributed by atoms with van der Waals surface area (Å²) in [5.41, 5.74) is 15.6. The van der Waals surface area contributed by atoms with Gasteiger partial charge in [-0.2, -0.15) is 0 Å². The molecule has 1 heterocycles. The van der Waals surface area contributed by atoms with Crippen LogP contribution in [0.25, 0.3) is 21.8 Å². The summed E-state index contributed by atoms with van der Waals surface area (Å²) < 4.78 is 5.46. The number of methoxy groups -OCH3 is 1. The molecule has 4 nitrogen and oxygen atoms in total. The Kier molecular flexibility index (Phi) is 5.85. The number of hydrogen-bond donors (Lipinski definition) is 2. The van der Waals surface area contributed by atoms with E-state index >= 15 is 0 Å². The maximum atomic E-state index is 6.96. The number of benzene rings is 2. The van der Waals surface area contributed by atoms with E-state index in [9.17, 15) is 0 Å². The van der Waals surface area contributed by atoms with Gasteiger partial charge >= 0.3 is 0 Å². The summed E-state index contributed by atoms with van der Waals surface area (Å²) in [5.74, 6) is 0.787. The second-order valence-corrected chi connectivity index (χ2v) is 8.45. The fraction of sp³-hybridized carbons (Fsp3) is 0.435. The van der Waals surface area contributed by atoms with Gasteiger partial charge < -0.3 is 16.2 Å². The quantitative estimate of drug-likeness (QED) is 0.513. The molecule has 28 heavy (non-hydrogen) atoms. The molecule has 0 aliphatic rings. The summed E-state index contributed by atoms with van der Waals surface area (Å²) in [7, 11) is 1.67. The van der Waals surface area contributed by atoms with Gasteiger partial charge in [0.1, 0.15) is 5.75 Å². The van der Waals surface area contributed by atoms with Crippen molar-refractivity contribution in [2.45, 2.75) is 57.5 Å². The van der Waals surface area contributed by atoms with E-state index in [-0.39, 0.29) is 5.54 Å². The fourth-order valence-corrected chi connectivity index (χ4v) is 4.04. The molecule has 0 spiro atoms. The molecule has 0 fully saturated rings. The van der Waals surface area contributed by atoms with Gasteiger partial charge in [-0.05, 0) is 68.5 Å². The Morgan fingerprint density at radius 3 is 2.32 bits per heavy atom. The van der Waals surface area contributed by atoms with Gasteiger partial charge in [-0.25, -0.2) is 4.98 Å². The molecule has 0 amide bonds. The highest BCUT2D eigenvalue weighted by Crippen LogP contribution is 2.38. The molecule has 0 bridgehead atoms. The second-order valence-electron chi connectivity index (χ2n) is 8.02. The summed E-state index contributed by atoms with van der Waals surface area (Å²) in [6.07, 6.45) is 3.50. The molecule has 2 aromatic carbocycles. The van der Waals surface area contributed by atoms with E-state index in [2.05, 4.69) is 20.8 Å². The zero-order valence-corrected chi connectivity index (χ0v) is 17.9. The molecule has 150 valence electrons. The van der Waals surface area contributed by atoms with E-state index in [1.807, 2.05) is 36.4 Å². The van der Waals surface area contributed by atoms with E-state index in [0.717, 1.165) is 58.8 Å². The van der Waals surface area contributed by atoms with Crippen molar-refractivity contribution in [2.75, 3.05) is 7.11 Å². The van der Waals surface area contributed by atoms with Gasteiger partial charge in [-0.3, -0.25) is 0 Å². The lowest BCUT2D eigenvalue weighted by Gasteiger charge is -2.34. The number of fused-ring (bicyclic) bond motifs is 2. The van der Waals surface area contributed by atoms with Gasteiger partial charge in [0, 0.05) is 26.9 Å². The number of pyridine rings is 1. The summed E-state index contributed by atoms with van der Waals surface area (Å²) in [4.78, 5) is 4.81. The molecular weight excluding hydrogens is 370 g/mol. The van der Waals surface area contributed by atoms with Crippen LogP contribution in [0.3, 0.4) is 0 Å². The van der Waals surface area contributed by atoms with Gasteiger partial charge in [-0.1, -0.05) is 31.5 Å². The van der Waals surface area contributed by atoms with Crippen molar-refractivity contribution < 1.29 is 4.74 Å². The molecule has 0 saturated heterocycles. The molecule has 3 rings (SSSR count). The first-order valence-electron chi connectivity index (χ1n) is 9.88. The summed E-state index contributed by atoms with van der Waals surface area (Å²) >= 11 is 6.23. The smallest absolute Gasteiger partial charge is 0.119 e. The molecule has 1 atom stereocenters. The standard InChI is InChI=1S/C23H30ClN3O/c1-5-23(26,6-2)12-11-22(3,25)21-17-9-7-15(24)13-20(17)27-19-10-8-16(28-4)14-18(19)21/h7-10,13-14H,5-6,11-12,25-26H2,1-4H3. The molecular formula is C23H30ClN3O. The van der Waals surface area contributed by atoms with Crippen LogP contribution in [0.4, 0.5) is 0 Å². The van der Waals surface area contributed by atoms with Crippen molar-refractivity contribution in [3.8, 4) is 5.75 Å². The number of hydrogen-bond acceptors (Lipinski definition) is 4. The Morgan fingerprint density at radius 2 is 1.68 bits per heavy atom. The van der Waals surface area contributed by atoms with Gasteiger partial charge in [-0.15, -0.1) is 0 Å². The minimum absolute atomic E-state index is 0.194. The lowest BCUT2D eigenvalue weighted by Crippen LogP contribution is -2.42. The van der Waals surface area contributed by atoms with Gasteiger partial charge in [0.05, 0.1) is 18.1 Å². The van der Waals surface area contributed by atoms with Crippen LogP contribution in [-0.4, -0.2) is 17.6 Å². The Bertz CT molecular complexity index is 996. The maximum Gasteiger partial charge on any atom is 0.119 e. The van der Waals surface area contributed by atoms with Crippen LogP contribution in [0.1, 0.15) is 52.0 Å². The highest BCUT2D eigenvalue weighted by Gasteiger charge is 2.30. The van der Waals surface area contributed by atoms with Crippen LogP contribution < -0.4 is 16.2 Å². The number of rotatable bonds is 7. The highest BCUT2D eigenvalue weighted by atomic mass is 35.5. The predicted molar refractivity (Wildman–Crippen MR) is 119 cm³/mol. The van der Waals surface area contributed by atoms with Gasteiger partial charge in [0.2, 0.25) is 0 Å². The Morgan fingerprint density at radius 1 is 0.964 bits per heavy atom. The number of aromatic nitrogens is 1. The van der Waals surface area contributed by atoms with Crippen molar-refractivity contribution >= 4 is 33.4 Å². The van der Waals surface area contributed by atoms with Crippen molar-refractivity contribution in [3.63, 3.8) is 0 Å². The van der Waals surface area contributed by atoms with Crippen LogP contribution in [0, 0.1) is 0 Å². The SMILES string of the molecule is CCC(N)(CC)CCC(C)(N)c1c2ccc(Cl)cc2nc2ccc(OC)cc12. The zero-order chi connectivity index (χ0) is 20.5. The lowest BCUT2D eigenvalue weighted by atomic mass is 9.78. The summed E-state index contributed by atoms with van der Waals surface area (Å²) in [6.45, 7) is 6.37. The minimum Gasteiger partial charge on any atom is -0.497 e. The fourth-order valence-electron chi connectivity index (χ4n) is 3.88. The molecule has 4 N–H and O–H groups in total. The average molecular weight is 400 g/mol. The van der Waals surface area contributed by atoms with Crippen LogP contribution in [0.5, 0.6) is 5.75 Å². The van der Waals surface area contributed by atoms with E-state index < -0.39 is 5.54 Å². The molecule has 5 heteroatoms. The summed E-state index contributed by atoms with van der Waals surface area (Å²) in [5, 5.41) is 2.69. The molecule has 0 aliphatic carbocycles. The van der Waals surface area contributed by atoms with Crippen molar-refractivity contribution in [3.05, 3.63) is 47.0 Å².